The van der Waals surface area contributed by atoms with Crippen LogP contribution in [-0.2, 0) is 36.0 Å². The number of methoxy groups -OCH3 is 2. The fourth-order valence-electron chi connectivity index (χ4n) is 3.94. The monoisotopic (exact) mass is 487 g/mol. The van der Waals surface area contributed by atoms with Crippen molar-refractivity contribution in [2.45, 2.75) is 64.8 Å². The molecule has 184 valence electrons. The summed E-state index contributed by atoms with van der Waals surface area (Å²) in [5.74, 6) is 2.08. The van der Waals surface area contributed by atoms with Gasteiger partial charge in [-0.05, 0) is 37.0 Å². The van der Waals surface area contributed by atoms with Crippen molar-refractivity contribution in [3.8, 4) is 5.75 Å². The summed E-state index contributed by atoms with van der Waals surface area (Å²) in [4.78, 5) is 21.0. The molecule has 0 aliphatic heterocycles. The van der Waals surface area contributed by atoms with E-state index < -0.39 is 0 Å². The number of fused-ring (bicyclic) bond motifs is 1. The van der Waals surface area contributed by atoms with Crippen LogP contribution < -0.4 is 10.1 Å². The van der Waals surface area contributed by atoms with Crippen molar-refractivity contribution >= 4 is 34.4 Å². The summed E-state index contributed by atoms with van der Waals surface area (Å²) in [5, 5.41) is 8.76. The van der Waals surface area contributed by atoms with E-state index in [0.29, 0.717) is 23.7 Å². The lowest BCUT2D eigenvalue weighted by molar-refractivity contribution is -0.140. The van der Waals surface area contributed by atoms with Gasteiger partial charge in [0.05, 0.1) is 24.9 Å². The van der Waals surface area contributed by atoms with E-state index in [0.717, 1.165) is 78.9 Å². The second kappa shape index (κ2) is 12.6. The lowest BCUT2D eigenvalue weighted by Crippen LogP contribution is -2.07. The molecule has 0 fully saturated rings. The Hall–Kier alpha value is -2.87. The highest BCUT2D eigenvalue weighted by atomic mass is 35.5. The maximum absolute atomic E-state index is 11.3. The number of benzene rings is 1. The molecule has 0 bridgehead atoms. The molecule has 3 aromatic rings. The fraction of sp³-hybridized carbons (Fsp3) is 0.520. The molecule has 0 aliphatic carbocycles. The Balaban J connectivity index is 1.75. The van der Waals surface area contributed by atoms with Gasteiger partial charge in [-0.25, -0.2) is 9.97 Å². The van der Waals surface area contributed by atoms with Crippen LogP contribution in [0.1, 0.15) is 62.5 Å². The Morgan fingerprint density at radius 3 is 2.62 bits per heavy atom. The number of carbonyl (C=O) groups excluding carboxylic acids is 1. The zero-order valence-electron chi connectivity index (χ0n) is 20.5. The summed E-state index contributed by atoms with van der Waals surface area (Å²) in [5.41, 5.74) is 3.85. The molecular formula is C25H34ClN5O3. The third-order valence-electron chi connectivity index (χ3n) is 5.72. The van der Waals surface area contributed by atoms with E-state index in [1.165, 1.54) is 7.11 Å². The first kappa shape index (κ1) is 25.7. The average molecular weight is 488 g/mol. The number of halogens is 1. The molecule has 1 N–H and O–H groups in total. The number of aromatic nitrogens is 4. The van der Waals surface area contributed by atoms with Gasteiger partial charge in [0.1, 0.15) is 22.6 Å². The third kappa shape index (κ3) is 6.59. The molecule has 0 aliphatic rings. The van der Waals surface area contributed by atoms with Crippen LogP contribution in [0.15, 0.2) is 18.2 Å². The van der Waals surface area contributed by atoms with Crippen LogP contribution >= 0.6 is 11.6 Å². The van der Waals surface area contributed by atoms with Crippen LogP contribution in [0.3, 0.4) is 0 Å². The second-order valence-electron chi connectivity index (χ2n) is 8.32. The first-order valence-corrected chi connectivity index (χ1v) is 12.2. The fourth-order valence-corrected chi connectivity index (χ4v) is 4.22. The largest absolute Gasteiger partial charge is 0.495 e. The standard InChI is InChI=1S/C25H34ClN5O3/c1-5-10-19-23-24(31(2)30-19)25(27-16-17-13-14-20(33-3)18(26)15-17)29-21(28-23)11-8-6-7-9-12-22(32)34-4/h13-15H,5-12,16H2,1-4H3,(H,27,28,29). The lowest BCUT2D eigenvalue weighted by atomic mass is 10.1. The molecule has 34 heavy (non-hydrogen) atoms. The molecule has 0 amide bonds. The van der Waals surface area contributed by atoms with Gasteiger partial charge in [0, 0.05) is 26.4 Å². The van der Waals surface area contributed by atoms with Gasteiger partial charge in [0.15, 0.2) is 5.82 Å². The van der Waals surface area contributed by atoms with Crippen molar-refractivity contribution in [2.24, 2.45) is 7.05 Å². The molecule has 0 saturated heterocycles. The van der Waals surface area contributed by atoms with Gasteiger partial charge in [-0.1, -0.05) is 43.9 Å². The van der Waals surface area contributed by atoms with Crippen LogP contribution in [-0.4, -0.2) is 39.9 Å². The zero-order valence-corrected chi connectivity index (χ0v) is 21.2. The Labute approximate surface area is 206 Å². The van der Waals surface area contributed by atoms with Crippen molar-refractivity contribution in [3.63, 3.8) is 0 Å². The van der Waals surface area contributed by atoms with Crippen molar-refractivity contribution in [2.75, 3.05) is 19.5 Å². The van der Waals surface area contributed by atoms with E-state index >= 15 is 0 Å². The Kier molecular flexibility index (Phi) is 9.51. The summed E-state index contributed by atoms with van der Waals surface area (Å²) >= 11 is 6.30. The van der Waals surface area contributed by atoms with E-state index in [1.54, 1.807) is 7.11 Å². The smallest absolute Gasteiger partial charge is 0.305 e. The topological polar surface area (TPSA) is 91.2 Å². The van der Waals surface area contributed by atoms with Crippen LogP contribution in [0.2, 0.25) is 5.02 Å². The van der Waals surface area contributed by atoms with Gasteiger partial charge in [0.25, 0.3) is 0 Å². The summed E-state index contributed by atoms with van der Waals surface area (Å²) < 4.78 is 11.8. The first-order chi connectivity index (χ1) is 16.5. The Morgan fingerprint density at radius 2 is 1.91 bits per heavy atom. The van der Waals surface area contributed by atoms with Gasteiger partial charge >= 0.3 is 5.97 Å². The number of ether oxygens (including phenoxy) is 2. The lowest BCUT2D eigenvalue weighted by Gasteiger charge is -2.11. The van der Waals surface area contributed by atoms with Crippen LogP contribution in [0.4, 0.5) is 5.82 Å². The minimum absolute atomic E-state index is 0.150. The normalized spacial score (nSPS) is 11.1. The predicted molar refractivity (Wildman–Crippen MR) is 134 cm³/mol. The number of rotatable bonds is 13. The molecule has 3 rings (SSSR count). The number of nitrogens with zero attached hydrogens (tertiary/aromatic N) is 4. The minimum Gasteiger partial charge on any atom is -0.495 e. The summed E-state index contributed by atoms with van der Waals surface area (Å²) in [6.45, 7) is 2.71. The molecule has 8 nitrogen and oxygen atoms in total. The average Bonchev–Trinajstić information content (AvgIpc) is 3.15. The zero-order chi connectivity index (χ0) is 24.5. The quantitative estimate of drug-likeness (QED) is 0.260. The molecule has 0 saturated carbocycles. The molecule has 2 heterocycles. The molecule has 2 aromatic heterocycles. The van der Waals surface area contributed by atoms with Crippen molar-refractivity contribution in [1.29, 1.82) is 0 Å². The molecular weight excluding hydrogens is 454 g/mol. The number of aryl methyl sites for hydroxylation is 3. The van der Waals surface area contributed by atoms with Crippen molar-refractivity contribution in [1.82, 2.24) is 19.7 Å². The SMILES string of the molecule is CCCc1nn(C)c2c(NCc3ccc(OC)c(Cl)c3)nc(CCCCCCC(=O)OC)nc12. The molecule has 0 spiro atoms. The van der Waals surface area contributed by atoms with Gasteiger partial charge in [-0.2, -0.15) is 5.10 Å². The van der Waals surface area contributed by atoms with E-state index in [4.69, 9.17) is 36.1 Å². The summed E-state index contributed by atoms with van der Waals surface area (Å²) in [7, 11) is 4.96. The summed E-state index contributed by atoms with van der Waals surface area (Å²) in [6, 6.07) is 5.74. The highest BCUT2D eigenvalue weighted by Crippen LogP contribution is 2.27. The Bertz CT molecular complexity index is 1120. The molecule has 1 aromatic carbocycles. The maximum Gasteiger partial charge on any atom is 0.305 e. The van der Waals surface area contributed by atoms with E-state index in [-0.39, 0.29) is 5.97 Å². The minimum atomic E-state index is -0.150. The number of esters is 1. The first-order valence-electron chi connectivity index (χ1n) is 11.8. The molecule has 0 radical (unpaired) electrons. The number of anilines is 1. The van der Waals surface area contributed by atoms with Gasteiger partial charge in [-0.15, -0.1) is 0 Å². The van der Waals surface area contributed by atoms with Gasteiger partial charge in [0.2, 0.25) is 0 Å². The van der Waals surface area contributed by atoms with E-state index in [9.17, 15) is 4.79 Å². The molecule has 9 heteroatoms. The predicted octanol–water partition coefficient (Wildman–Crippen LogP) is 5.26. The Morgan fingerprint density at radius 1 is 1.12 bits per heavy atom. The number of carbonyl (C=O) groups is 1. The summed E-state index contributed by atoms with van der Waals surface area (Å²) in [6.07, 6.45) is 6.91. The van der Waals surface area contributed by atoms with Gasteiger partial charge in [-0.3, -0.25) is 9.48 Å². The highest BCUT2D eigenvalue weighted by molar-refractivity contribution is 6.32. The maximum atomic E-state index is 11.3. The molecule has 0 atom stereocenters. The van der Waals surface area contributed by atoms with Crippen LogP contribution in [0.25, 0.3) is 11.0 Å². The van der Waals surface area contributed by atoms with E-state index in [2.05, 4.69) is 12.2 Å². The van der Waals surface area contributed by atoms with Gasteiger partial charge < -0.3 is 14.8 Å². The highest BCUT2D eigenvalue weighted by Gasteiger charge is 2.17. The number of unbranched alkanes of at least 4 members (excludes halogenated alkanes) is 3. The van der Waals surface area contributed by atoms with Crippen molar-refractivity contribution in [3.05, 3.63) is 40.3 Å². The number of nitrogens with one attached hydrogen (secondary N) is 1. The van der Waals surface area contributed by atoms with Crippen molar-refractivity contribution < 1.29 is 14.3 Å². The van der Waals surface area contributed by atoms with Crippen LogP contribution in [0.5, 0.6) is 5.75 Å². The second-order valence-corrected chi connectivity index (χ2v) is 8.73. The van der Waals surface area contributed by atoms with Crippen LogP contribution in [0, 0.1) is 0 Å². The number of hydrogen-bond acceptors (Lipinski definition) is 7. The third-order valence-corrected chi connectivity index (χ3v) is 6.02. The molecule has 0 unspecified atom stereocenters. The van der Waals surface area contributed by atoms with E-state index in [1.807, 2.05) is 29.9 Å². The number of hydrogen-bond donors (Lipinski definition) is 1.